The zero-order valence-corrected chi connectivity index (χ0v) is 6.10. The zero-order chi connectivity index (χ0) is 11.2. The summed E-state index contributed by atoms with van der Waals surface area (Å²) >= 11 is 0. The van der Waals surface area contributed by atoms with Crippen molar-refractivity contribution < 1.29 is 5.48 Å². The number of para-hydroxylation sites is 1. The van der Waals surface area contributed by atoms with Gasteiger partial charge in [-0.1, -0.05) is 24.2 Å². The van der Waals surface area contributed by atoms with Crippen molar-refractivity contribution in [1.29, 1.82) is 0 Å². The van der Waals surface area contributed by atoms with Crippen molar-refractivity contribution in [3.63, 3.8) is 0 Å². The minimum atomic E-state index is -0.231. The average Bonchev–Trinajstić information content (AvgIpc) is 2.23. The minimum Gasteiger partial charge on any atom is -0.253 e. The van der Waals surface area contributed by atoms with E-state index in [0.29, 0.717) is 10.9 Å². The van der Waals surface area contributed by atoms with Gasteiger partial charge in [-0.15, -0.1) is 0 Å². The molecule has 0 aliphatic carbocycles. The molecule has 1 nitrogen and oxygen atoms in total. The number of rotatable bonds is 0. The topological polar surface area (TPSA) is 12.9 Å². The third kappa shape index (κ3) is 1.09. The fourth-order valence-electron chi connectivity index (χ4n) is 0.942. The molecule has 11 heavy (non-hydrogen) atoms. The Kier molecular flexibility index (Phi) is 0.715. The van der Waals surface area contributed by atoms with Crippen LogP contribution in [0.4, 0.5) is 0 Å². The van der Waals surface area contributed by atoms with Crippen LogP contribution < -0.4 is 0 Å². The molecular formula is C10H9N. The van der Waals surface area contributed by atoms with Gasteiger partial charge in [0.15, 0.2) is 0 Å². The van der Waals surface area contributed by atoms with Gasteiger partial charge in [-0.2, -0.15) is 0 Å². The fraction of sp³-hybridized carbons (Fsp3) is 0.100. The lowest BCUT2D eigenvalue weighted by Gasteiger charge is -1.95. The lowest BCUT2D eigenvalue weighted by molar-refractivity contribution is 1.26. The number of fused-ring (bicyclic) bond motifs is 1. The summed E-state index contributed by atoms with van der Waals surface area (Å²) in [6, 6.07) is 2.87. The first-order valence-electron chi connectivity index (χ1n) is 5.36. The monoisotopic (exact) mass is 147 g/mol. The highest BCUT2D eigenvalue weighted by molar-refractivity contribution is 5.78. The van der Waals surface area contributed by atoms with Crippen molar-refractivity contribution in [2.45, 2.75) is 6.92 Å². The summed E-state index contributed by atoms with van der Waals surface area (Å²) < 4.78 is 30.3. The van der Waals surface area contributed by atoms with Gasteiger partial charge in [0.05, 0.1) is 11.0 Å². The van der Waals surface area contributed by atoms with Crippen LogP contribution in [0.2, 0.25) is 0 Å². The minimum absolute atomic E-state index is 0.0292. The molecule has 0 fully saturated rings. The number of nitrogens with zero attached hydrogens (tertiary/aromatic N) is 1. The molecule has 0 saturated carbocycles. The molecule has 1 heteroatoms. The quantitative estimate of drug-likeness (QED) is 0.558. The van der Waals surface area contributed by atoms with Gasteiger partial charge in [-0.3, -0.25) is 4.98 Å². The molecule has 0 atom stereocenters. The van der Waals surface area contributed by atoms with E-state index in [1.54, 1.807) is 19.1 Å². The predicted molar refractivity (Wildman–Crippen MR) is 46.5 cm³/mol. The second-order valence-electron chi connectivity index (χ2n) is 2.35. The molecule has 0 radical (unpaired) electrons. The summed E-state index contributed by atoms with van der Waals surface area (Å²) in [7, 11) is 0. The first-order valence-corrected chi connectivity index (χ1v) is 3.36. The van der Waals surface area contributed by atoms with E-state index in [1.165, 1.54) is 0 Å². The van der Waals surface area contributed by atoms with E-state index in [0.717, 1.165) is 5.69 Å². The van der Waals surface area contributed by atoms with Crippen LogP contribution in [0.1, 0.15) is 11.2 Å². The number of hydrogen-bond donors (Lipinski definition) is 0. The molecule has 1 heterocycles. The second-order valence-corrected chi connectivity index (χ2v) is 2.35. The Morgan fingerprint density at radius 3 is 3.00 bits per heavy atom. The first kappa shape index (κ1) is 3.35. The summed E-state index contributed by atoms with van der Waals surface area (Å²) in [5.41, 5.74) is 1.08. The van der Waals surface area contributed by atoms with Crippen LogP contribution in [0, 0.1) is 6.92 Å². The molecule has 0 aliphatic rings. The maximum absolute atomic E-state index is 7.67. The van der Waals surface area contributed by atoms with Crippen molar-refractivity contribution in [1.82, 2.24) is 4.98 Å². The molecular weight excluding hydrogens is 134 g/mol. The van der Waals surface area contributed by atoms with Gasteiger partial charge < -0.3 is 0 Å². The van der Waals surface area contributed by atoms with Gasteiger partial charge in [0.25, 0.3) is 0 Å². The largest absolute Gasteiger partial charge is 0.253 e. The van der Waals surface area contributed by atoms with Crippen molar-refractivity contribution >= 4 is 10.9 Å². The molecule has 2 aromatic rings. The summed E-state index contributed by atoms with van der Waals surface area (Å²) in [5, 5.41) is 0.464. The van der Waals surface area contributed by atoms with Crippen LogP contribution in [0.3, 0.4) is 0 Å². The van der Waals surface area contributed by atoms with Crippen molar-refractivity contribution in [2.75, 3.05) is 0 Å². The maximum Gasteiger partial charge on any atom is 0.0705 e. The van der Waals surface area contributed by atoms with Gasteiger partial charge in [0, 0.05) is 11.1 Å². The van der Waals surface area contributed by atoms with E-state index in [2.05, 4.69) is 4.98 Å². The summed E-state index contributed by atoms with van der Waals surface area (Å²) in [4.78, 5) is 4.13. The Morgan fingerprint density at radius 2 is 2.09 bits per heavy atom. The molecule has 0 saturated heterocycles. The molecule has 1 aromatic carbocycles. The molecule has 54 valence electrons. The molecule has 0 spiro atoms. The van der Waals surface area contributed by atoms with Crippen LogP contribution in [0.15, 0.2) is 36.3 Å². The van der Waals surface area contributed by atoms with E-state index in [9.17, 15) is 0 Å². The van der Waals surface area contributed by atoms with Crippen molar-refractivity contribution in [3.8, 4) is 0 Å². The molecule has 0 N–H and O–H groups in total. The Labute approximate surface area is 71.3 Å². The normalized spacial score (nSPS) is 15.4. The SMILES string of the molecule is [2H]c1c([2H])c([2H])c2nc(C)ccc2c1[2H]. The molecule has 0 amide bonds. The highest BCUT2D eigenvalue weighted by Gasteiger charge is 1.90. The molecule has 2 rings (SSSR count). The molecule has 1 aromatic heterocycles. The van der Waals surface area contributed by atoms with Crippen LogP contribution in [0.5, 0.6) is 0 Å². The van der Waals surface area contributed by atoms with Gasteiger partial charge in [0.2, 0.25) is 0 Å². The van der Waals surface area contributed by atoms with E-state index >= 15 is 0 Å². The first-order chi connectivity index (χ1) is 7.02. The Morgan fingerprint density at radius 1 is 1.27 bits per heavy atom. The smallest absolute Gasteiger partial charge is 0.0705 e. The van der Waals surface area contributed by atoms with E-state index in [4.69, 9.17) is 5.48 Å². The van der Waals surface area contributed by atoms with Gasteiger partial charge in [-0.25, -0.2) is 0 Å². The zero-order valence-electron chi connectivity index (χ0n) is 10.1. The third-order valence-corrected chi connectivity index (χ3v) is 1.48. The second kappa shape index (κ2) is 2.35. The number of aryl methyl sites for hydroxylation is 1. The number of benzene rings is 1. The van der Waals surface area contributed by atoms with Crippen LogP contribution >= 0.6 is 0 Å². The molecule has 0 bridgehead atoms. The van der Waals surface area contributed by atoms with Crippen molar-refractivity contribution in [2.24, 2.45) is 0 Å². The summed E-state index contributed by atoms with van der Waals surface area (Å²) in [6.45, 7) is 1.79. The molecule has 0 aliphatic heterocycles. The van der Waals surface area contributed by atoms with Crippen molar-refractivity contribution in [3.05, 3.63) is 42.0 Å². The van der Waals surface area contributed by atoms with Crippen LogP contribution in [-0.2, 0) is 0 Å². The molecule has 0 unspecified atom stereocenters. The van der Waals surface area contributed by atoms with Crippen LogP contribution in [0.25, 0.3) is 10.9 Å². The van der Waals surface area contributed by atoms with Gasteiger partial charge in [0.1, 0.15) is 0 Å². The Hall–Kier alpha value is -1.37. The number of pyridine rings is 1. The van der Waals surface area contributed by atoms with E-state index in [1.807, 2.05) is 0 Å². The Bertz CT molecular complexity index is 551. The van der Waals surface area contributed by atoms with Crippen LogP contribution in [-0.4, -0.2) is 4.98 Å². The highest BCUT2D eigenvalue weighted by Crippen LogP contribution is 2.10. The third-order valence-electron chi connectivity index (χ3n) is 1.48. The summed E-state index contributed by atoms with van der Waals surface area (Å²) in [5.74, 6) is 0. The standard InChI is InChI=1S/C10H9N/c1-8-6-7-9-4-2-3-5-10(9)11-8/h2-7H,1H3/i2D,3D,4D,5D. The lowest BCUT2D eigenvalue weighted by Crippen LogP contribution is -1.80. The predicted octanol–water partition coefficient (Wildman–Crippen LogP) is 2.54. The number of hydrogen-bond acceptors (Lipinski definition) is 1. The fourth-order valence-corrected chi connectivity index (χ4v) is 0.942. The lowest BCUT2D eigenvalue weighted by atomic mass is 10.2. The van der Waals surface area contributed by atoms with Gasteiger partial charge in [-0.05, 0) is 19.0 Å². The Balaban J connectivity index is 3.00. The summed E-state index contributed by atoms with van der Waals surface area (Å²) in [6.07, 6.45) is 0. The number of aromatic nitrogens is 1. The van der Waals surface area contributed by atoms with E-state index in [-0.39, 0.29) is 24.2 Å². The average molecular weight is 147 g/mol. The highest BCUT2D eigenvalue weighted by atomic mass is 14.7. The van der Waals surface area contributed by atoms with E-state index < -0.39 is 0 Å². The maximum atomic E-state index is 7.67. The van der Waals surface area contributed by atoms with Gasteiger partial charge >= 0.3 is 0 Å².